The van der Waals surface area contributed by atoms with Gasteiger partial charge in [0.25, 0.3) is 0 Å². The summed E-state index contributed by atoms with van der Waals surface area (Å²) in [6.45, 7) is 7.55. The van der Waals surface area contributed by atoms with Crippen molar-refractivity contribution in [3.05, 3.63) is 0 Å². The predicted octanol–water partition coefficient (Wildman–Crippen LogP) is 1.42. The van der Waals surface area contributed by atoms with Crippen LogP contribution in [-0.2, 0) is 0 Å². The van der Waals surface area contributed by atoms with Crippen LogP contribution in [0.3, 0.4) is 0 Å². The molecule has 0 bridgehead atoms. The van der Waals surface area contributed by atoms with Gasteiger partial charge in [-0.2, -0.15) is 11.8 Å². The van der Waals surface area contributed by atoms with Crippen molar-refractivity contribution in [2.75, 3.05) is 37.7 Å². The van der Waals surface area contributed by atoms with E-state index in [0.717, 1.165) is 12.0 Å². The number of hydrogen-bond acceptors (Lipinski definition) is 3. The zero-order valence-electron chi connectivity index (χ0n) is 9.17. The Morgan fingerprint density at radius 3 is 2.93 bits per heavy atom. The maximum absolute atomic E-state index is 3.35. The standard InChI is InChI=1S/C11H22N2S/c1-10-3-6-14-7-5-13(10)4-2-11-8-12-9-11/h10-12H,2-9H2,1H3. The Labute approximate surface area is 91.8 Å². The molecule has 2 aliphatic heterocycles. The van der Waals surface area contributed by atoms with Crippen LogP contribution < -0.4 is 5.32 Å². The summed E-state index contributed by atoms with van der Waals surface area (Å²) in [6, 6.07) is 0.818. The molecule has 2 heterocycles. The molecule has 0 aromatic carbocycles. The van der Waals surface area contributed by atoms with Crippen molar-refractivity contribution >= 4 is 11.8 Å². The van der Waals surface area contributed by atoms with Crippen LogP contribution >= 0.6 is 11.8 Å². The first-order valence-corrected chi connectivity index (χ1v) is 7.04. The minimum atomic E-state index is 0.818. The second-order valence-corrected chi connectivity index (χ2v) is 5.82. The molecule has 1 unspecified atom stereocenters. The average Bonchev–Trinajstić information content (AvgIpc) is 2.29. The van der Waals surface area contributed by atoms with Crippen LogP contribution in [0, 0.1) is 5.92 Å². The Hall–Kier alpha value is 0.270. The summed E-state index contributed by atoms with van der Waals surface area (Å²) in [6.07, 6.45) is 2.79. The smallest absolute Gasteiger partial charge is 0.00752 e. The molecule has 0 spiro atoms. The van der Waals surface area contributed by atoms with Crippen molar-refractivity contribution in [3.63, 3.8) is 0 Å². The normalized spacial score (nSPS) is 31.1. The summed E-state index contributed by atoms with van der Waals surface area (Å²) in [5.41, 5.74) is 0. The first kappa shape index (κ1) is 10.8. The molecule has 1 atom stereocenters. The van der Waals surface area contributed by atoms with E-state index < -0.39 is 0 Å². The molecule has 82 valence electrons. The van der Waals surface area contributed by atoms with Gasteiger partial charge in [0.2, 0.25) is 0 Å². The maximum Gasteiger partial charge on any atom is 0.00752 e. The van der Waals surface area contributed by atoms with E-state index in [1.807, 2.05) is 0 Å². The lowest BCUT2D eigenvalue weighted by Crippen LogP contribution is -2.44. The van der Waals surface area contributed by atoms with Gasteiger partial charge in [0.15, 0.2) is 0 Å². The molecule has 0 amide bonds. The Kier molecular flexibility index (Phi) is 4.14. The first-order chi connectivity index (χ1) is 6.86. The fraction of sp³-hybridized carbons (Fsp3) is 1.00. The van der Waals surface area contributed by atoms with Gasteiger partial charge in [-0.1, -0.05) is 0 Å². The summed E-state index contributed by atoms with van der Waals surface area (Å²) in [7, 11) is 0. The molecule has 2 nitrogen and oxygen atoms in total. The Bertz CT molecular complexity index is 171. The fourth-order valence-electron chi connectivity index (χ4n) is 2.17. The number of nitrogens with zero attached hydrogens (tertiary/aromatic N) is 1. The lowest BCUT2D eigenvalue weighted by molar-refractivity contribution is 0.189. The van der Waals surface area contributed by atoms with E-state index in [-0.39, 0.29) is 0 Å². The quantitative estimate of drug-likeness (QED) is 0.765. The third-order valence-corrected chi connectivity index (χ3v) is 4.51. The van der Waals surface area contributed by atoms with E-state index in [9.17, 15) is 0 Å². The van der Waals surface area contributed by atoms with Gasteiger partial charge in [0, 0.05) is 18.3 Å². The zero-order valence-corrected chi connectivity index (χ0v) is 9.98. The fourth-order valence-corrected chi connectivity index (χ4v) is 3.25. The second kappa shape index (κ2) is 5.38. The van der Waals surface area contributed by atoms with Crippen molar-refractivity contribution in [2.45, 2.75) is 25.8 Å². The minimum absolute atomic E-state index is 0.818. The molecule has 2 saturated heterocycles. The Balaban J connectivity index is 1.70. The van der Waals surface area contributed by atoms with Crippen LogP contribution in [-0.4, -0.2) is 48.6 Å². The van der Waals surface area contributed by atoms with E-state index in [0.29, 0.717) is 0 Å². The highest BCUT2D eigenvalue weighted by molar-refractivity contribution is 7.99. The molecular weight excluding hydrogens is 192 g/mol. The molecule has 2 aliphatic rings. The molecule has 0 aliphatic carbocycles. The first-order valence-electron chi connectivity index (χ1n) is 5.89. The van der Waals surface area contributed by atoms with Crippen LogP contribution in [0.15, 0.2) is 0 Å². The SMILES string of the molecule is CC1CCSCCN1CCC1CNC1. The topological polar surface area (TPSA) is 15.3 Å². The van der Waals surface area contributed by atoms with Gasteiger partial charge >= 0.3 is 0 Å². The van der Waals surface area contributed by atoms with E-state index in [1.54, 1.807) is 0 Å². The van der Waals surface area contributed by atoms with E-state index >= 15 is 0 Å². The molecular formula is C11H22N2S. The van der Waals surface area contributed by atoms with Crippen LogP contribution in [0.2, 0.25) is 0 Å². The zero-order chi connectivity index (χ0) is 9.80. The van der Waals surface area contributed by atoms with Crippen molar-refractivity contribution in [1.82, 2.24) is 10.2 Å². The summed E-state index contributed by atoms with van der Waals surface area (Å²) in [5, 5.41) is 3.35. The van der Waals surface area contributed by atoms with Gasteiger partial charge in [0.05, 0.1) is 0 Å². The number of thioether (sulfide) groups is 1. The van der Waals surface area contributed by atoms with Gasteiger partial charge in [0.1, 0.15) is 0 Å². The molecule has 0 saturated carbocycles. The highest BCUT2D eigenvalue weighted by Crippen LogP contribution is 2.18. The van der Waals surface area contributed by atoms with Crippen LogP contribution in [0.4, 0.5) is 0 Å². The van der Waals surface area contributed by atoms with Gasteiger partial charge in [-0.3, -0.25) is 4.90 Å². The van der Waals surface area contributed by atoms with E-state index in [1.165, 1.54) is 50.5 Å². The molecule has 0 aromatic heterocycles. The van der Waals surface area contributed by atoms with Crippen molar-refractivity contribution in [3.8, 4) is 0 Å². The Morgan fingerprint density at radius 1 is 1.36 bits per heavy atom. The third kappa shape index (κ3) is 2.88. The maximum atomic E-state index is 3.35. The van der Waals surface area contributed by atoms with Crippen molar-refractivity contribution in [2.24, 2.45) is 5.92 Å². The van der Waals surface area contributed by atoms with Gasteiger partial charge in [-0.05, 0) is 51.1 Å². The third-order valence-electron chi connectivity index (χ3n) is 3.52. The minimum Gasteiger partial charge on any atom is -0.316 e. The lowest BCUT2D eigenvalue weighted by atomic mass is 9.99. The summed E-state index contributed by atoms with van der Waals surface area (Å²) >= 11 is 2.12. The summed E-state index contributed by atoms with van der Waals surface area (Å²) < 4.78 is 0. The van der Waals surface area contributed by atoms with Gasteiger partial charge < -0.3 is 5.32 Å². The Morgan fingerprint density at radius 2 is 2.21 bits per heavy atom. The summed E-state index contributed by atoms with van der Waals surface area (Å²) in [4.78, 5) is 2.69. The highest BCUT2D eigenvalue weighted by Gasteiger charge is 2.21. The predicted molar refractivity (Wildman–Crippen MR) is 64.0 cm³/mol. The molecule has 3 heteroatoms. The molecule has 0 radical (unpaired) electrons. The van der Waals surface area contributed by atoms with Crippen LogP contribution in [0.5, 0.6) is 0 Å². The molecule has 0 aromatic rings. The average molecular weight is 214 g/mol. The van der Waals surface area contributed by atoms with E-state index in [2.05, 4.69) is 28.9 Å². The van der Waals surface area contributed by atoms with Gasteiger partial charge in [-0.15, -0.1) is 0 Å². The molecule has 2 fully saturated rings. The largest absolute Gasteiger partial charge is 0.316 e. The highest BCUT2D eigenvalue weighted by atomic mass is 32.2. The number of rotatable bonds is 3. The lowest BCUT2D eigenvalue weighted by Gasteiger charge is -2.32. The monoisotopic (exact) mass is 214 g/mol. The molecule has 1 N–H and O–H groups in total. The van der Waals surface area contributed by atoms with E-state index in [4.69, 9.17) is 0 Å². The molecule has 2 rings (SSSR count). The summed E-state index contributed by atoms with van der Waals surface area (Å²) in [5.74, 6) is 3.67. The molecule has 14 heavy (non-hydrogen) atoms. The van der Waals surface area contributed by atoms with Crippen molar-refractivity contribution in [1.29, 1.82) is 0 Å². The van der Waals surface area contributed by atoms with Crippen molar-refractivity contribution < 1.29 is 0 Å². The number of hydrogen-bond donors (Lipinski definition) is 1. The van der Waals surface area contributed by atoms with Crippen LogP contribution in [0.1, 0.15) is 19.8 Å². The number of nitrogens with one attached hydrogen (secondary N) is 1. The second-order valence-electron chi connectivity index (χ2n) is 4.60. The van der Waals surface area contributed by atoms with Gasteiger partial charge in [-0.25, -0.2) is 0 Å². The van der Waals surface area contributed by atoms with Crippen LogP contribution in [0.25, 0.3) is 0 Å².